The molecule has 1 aromatic carbocycles. The summed E-state index contributed by atoms with van der Waals surface area (Å²) in [7, 11) is -0.989. The van der Waals surface area contributed by atoms with Gasteiger partial charge >= 0.3 is 0 Å². The van der Waals surface area contributed by atoms with Crippen molar-refractivity contribution in [2.45, 2.75) is 17.9 Å². The number of hydrogen-bond donors (Lipinski definition) is 1. The van der Waals surface area contributed by atoms with Gasteiger partial charge in [-0.15, -0.1) is 0 Å². The molecule has 0 spiro atoms. The molecule has 0 aromatic heterocycles. The Labute approximate surface area is 90.9 Å². The number of hydrogen-bond acceptors (Lipinski definition) is 2. The highest BCUT2D eigenvalue weighted by Gasteiger charge is 2.29. The molecule has 1 aliphatic rings. The SMILES string of the molecule is CC1CS(=O)c2c(Cl)cccc2C1N. The Balaban J connectivity index is 2.61. The lowest BCUT2D eigenvalue weighted by molar-refractivity contribution is 0.497. The summed E-state index contributed by atoms with van der Waals surface area (Å²) < 4.78 is 11.8. The molecule has 0 bridgehead atoms. The van der Waals surface area contributed by atoms with Crippen LogP contribution in [0.15, 0.2) is 23.1 Å². The van der Waals surface area contributed by atoms with Gasteiger partial charge in [0.1, 0.15) is 0 Å². The molecule has 1 aromatic rings. The van der Waals surface area contributed by atoms with E-state index in [2.05, 4.69) is 0 Å². The van der Waals surface area contributed by atoms with Gasteiger partial charge in [0.15, 0.2) is 0 Å². The Bertz CT molecular complexity index is 394. The molecule has 1 heterocycles. The topological polar surface area (TPSA) is 43.1 Å². The maximum atomic E-state index is 11.8. The van der Waals surface area contributed by atoms with Crippen molar-refractivity contribution < 1.29 is 4.21 Å². The standard InChI is InChI=1S/C10H12ClNOS/c1-6-5-14(13)10-7(9(6)12)3-2-4-8(10)11/h2-4,6,9H,5,12H2,1H3. The van der Waals surface area contributed by atoms with Crippen molar-refractivity contribution in [1.82, 2.24) is 0 Å². The van der Waals surface area contributed by atoms with Gasteiger partial charge in [0.25, 0.3) is 0 Å². The number of nitrogens with two attached hydrogens (primary N) is 1. The minimum Gasteiger partial charge on any atom is -0.324 e. The highest BCUT2D eigenvalue weighted by Crippen LogP contribution is 2.35. The molecule has 1 aliphatic heterocycles. The van der Waals surface area contributed by atoms with Gasteiger partial charge in [0, 0.05) is 11.8 Å². The largest absolute Gasteiger partial charge is 0.324 e. The monoisotopic (exact) mass is 229 g/mol. The summed E-state index contributed by atoms with van der Waals surface area (Å²) in [5.74, 6) is 0.861. The van der Waals surface area contributed by atoms with Crippen LogP contribution in [0.3, 0.4) is 0 Å². The number of benzene rings is 1. The molecule has 0 amide bonds. The summed E-state index contributed by atoms with van der Waals surface area (Å²) in [6, 6.07) is 5.50. The second-order valence-electron chi connectivity index (χ2n) is 3.67. The smallest absolute Gasteiger partial charge is 0.0622 e. The minimum absolute atomic E-state index is 0.0404. The van der Waals surface area contributed by atoms with Crippen molar-refractivity contribution in [2.75, 3.05) is 5.75 Å². The van der Waals surface area contributed by atoms with E-state index in [4.69, 9.17) is 17.3 Å². The molecule has 0 saturated carbocycles. The van der Waals surface area contributed by atoms with E-state index in [0.29, 0.717) is 10.8 Å². The average molecular weight is 230 g/mol. The Morgan fingerprint density at radius 3 is 3.00 bits per heavy atom. The molecule has 3 atom stereocenters. The van der Waals surface area contributed by atoms with Crippen LogP contribution in [0.5, 0.6) is 0 Å². The zero-order valence-electron chi connectivity index (χ0n) is 7.87. The van der Waals surface area contributed by atoms with Gasteiger partial charge in [-0.25, -0.2) is 0 Å². The van der Waals surface area contributed by atoms with Gasteiger partial charge in [-0.05, 0) is 17.5 Å². The van der Waals surface area contributed by atoms with Crippen LogP contribution in [0.2, 0.25) is 5.02 Å². The van der Waals surface area contributed by atoms with Crippen LogP contribution in [-0.2, 0) is 10.8 Å². The maximum Gasteiger partial charge on any atom is 0.0622 e. The summed E-state index contributed by atoms with van der Waals surface area (Å²) in [4.78, 5) is 0.736. The van der Waals surface area contributed by atoms with E-state index >= 15 is 0 Å². The van der Waals surface area contributed by atoms with Gasteiger partial charge in [-0.3, -0.25) is 4.21 Å². The van der Waals surface area contributed by atoms with Crippen molar-refractivity contribution in [2.24, 2.45) is 11.7 Å². The van der Waals surface area contributed by atoms with Crippen LogP contribution < -0.4 is 5.73 Å². The summed E-state index contributed by atoms with van der Waals surface area (Å²) >= 11 is 6.00. The summed E-state index contributed by atoms with van der Waals surface area (Å²) in [6.07, 6.45) is 0. The summed E-state index contributed by atoms with van der Waals surface area (Å²) in [6.45, 7) is 2.02. The highest BCUT2D eigenvalue weighted by atomic mass is 35.5. The van der Waals surface area contributed by atoms with Crippen LogP contribution in [-0.4, -0.2) is 9.96 Å². The maximum absolute atomic E-state index is 11.8. The van der Waals surface area contributed by atoms with Crippen molar-refractivity contribution in [3.8, 4) is 0 Å². The molecule has 76 valence electrons. The first-order chi connectivity index (χ1) is 6.61. The van der Waals surface area contributed by atoms with Crippen LogP contribution in [0.4, 0.5) is 0 Å². The number of halogens is 1. The number of rotatable bonds is 0. The Kier molecular flexibility index (Phi) is 2.64. The lowest BCUT2D eigenvalue weighted by atomic mass is 9.96. The van der Waals surface area contributed by atoms with Crippen molar-refractivity contribution in [1.29, 1.82) is 0 Å². The molecule has 14 heavy (non-hydrogen) atoms. The van der Waals surface area contributed by atoms with Crippen LogP contribution >= 0.6 is 11.6 Å². The van der Waals surface area contributed by atoms with Crippen LogP contribution in [0.1, 0.15) is 18.5 Å². The van der Waals surface area contributed by atoms with Crippen LogP contribution in [0.25, 0.3) is 0 Å². The van der Waals surface area contributed by atoms with E-state index in [0.717, 1.165) is 10.5 Å². The Morgan fingerprint density at radius 2 is 2.29 bits per heavy atom. The normalized spacial score (nSPS) is 31.2. The second kappa shape index (κ2) is 3.65. The van der Waals surface area contributed by atoms with E-state index in [-0.39, 0.29) is 12.0 Å². The molecule has 2 N–H and O–H groups in total. The predicted molar refractivity (Wildman–Crippen MR) is 58.8 cm³/mol. The first kappa shape index (κ1) is 10.1. The van der Waals surface area contributed by atoms with Gasteiger partial charge in [-0.1, -0.05) is 30.7 Å². The lowest BCUT2D eigenvalue weighted by Crippen LogP contribution is -2.30. The molecular weight excluding hydrogens is 218 g/mol. The fourth-order valence-corrected chi connectivity index (χ4v) is 3.80. The van der Waals surface area contributed by atoms with Gasteiger partial charge < -0.3 is 5.73 Å². The van der Waals surface area contributed by atoms with E-state index in [1.54, 1.807) is 6.07 Å². The van der Waals surface area contributed by atoms with E-state index in [9.17, 15) is 4.21 Å². The third-order valence-electron chi connectivity index (χ3n) is 2.61. The van der Waals surface area contributed by atoms with E-state index in [1.165, 1.54) is 0 Å². The lowest BCUT2D eigenvalue weighted by Gasteiger charge is -2.28. The second-order valence-corrected chi connectivity index (χ2v) is 5.51. The predicted octanol–water partition coefficient (Wildman–Crippen LogP) is 2.10. The molecular formula is C10H12ClNOS. The van der Waals surface area contributed by atoms with E-state index in [1.807, 2.05) is 19.1 Å². The molecule has 2 nitrogen and oxygen atoms in total. The Morgan fingerprint density at radius 1 is 1.57 bits per heavy atom. The quantitative estimate of drug-likeness (QED) is 0.741. The molecule has 2 rings (SSSR count). The fourth-order valence-electron chi connectivity index (χ4n) is 1.76. The zero-order valence-corrected chi connectivity index (χ0v) is 9.44. The van der Waals surface area contributed by atoms with Crippen molar-refractivity contribution in [3.63, 3.8) is 0 Å². The molecule has 0 radical (unpaired) electrons. The van der Waals surface area contributed by atoms with Gasteiger partial charge in [0.2, 0.25) is 0 Å². The molecule has 0 aliphatic carbocycles. The highest BCUT2D eigenvalue weighted by molar-refractivity contribution is 7.85. The molecule has 0 fully saturated rings. The summed E-state index contributed by atoms with van der Waals surface area (Å²) in [5, 5.41) is 0.572. The van der Waals surface area contributed by atoms with Gasteiger partial charge in [0.05, 0.1) is 20.7 Å². The Hall–Kier alpha value is -0.380. The first-order valence-electron chi connectivity index (χ1n) is 4.53. The van der Waals surface area contributed by atoms with Gasteiger partial charge in [-0.2, -0.15) is 0 Å². The third kappa shape index (κ3) is 1.49. The average Bonchev–Trinajstić information content (AvgIpc) is 2.14. The molecule has 0 saturated heterocycles. The number of fused-ring (bicyclic) bond motifs is 1. The zero-order chi connectivity index (χ0) is 10.3. The molecule has 4 heteroatoms. The minimum atomic E-state index is -0.989. The van der Waals surface area contributed by atoms with Crippen molar-refractivity contribution in [3.05, 3.63) is 28.8 Å². The molecule has 3 unspecified atom stereocenters. The first-order valence-corrected chi connectivity index (χ1v) is 6.23. The third-order valence-corrected chi connectivity index (χ3v) is 4.78. The van der Waals surface area contributed by atoms with E-state index < -0.39 is 10.8 Å². The van der Waals surface area contributed by atoms with Crippen LogP contribution in [0, 0.1) is 5.92 Å². The summed E-state index contributed by atoms with van der Waals surface area (Å²) in [5.41, 5.74) is 6.97. The van der Waals surface area contributed by atoms with Crippen molar-refractivity contribution >= 4 is 22.4 Å². The fraction of sp³-hybridized carbons (Fsp3) is 0.400.